The molecule has 0 fully saturated rings. The topological polar surface area (TPSA) is 51.2 Å². The lowest BCUT2D eigenvalue weighted by atomic mass is 9.97. The molecule has 6 heteroatoms. The Hall–Kier alpha value is -3.08. The summed E-state index contributed by atoms with van der Waals surface area (Å²) < 4.78 is 5.25. The van der Waals surface area contributed by atoms with Crippen molar-refractivity contribution in [2.24, 2.45) is 0 Å². The number of benzene rings is 3. The molecule has 0 bridgehead atoms. The van der Waals surface area contributed by atoms with Gasteiger partial charge in [-0.2, -0.15) is 0 Å². The number of hydrogen-bond acceptors (Lipinski definition) is 3. The molecule has 0 spiro atoms. The number of fused-ring (bicyclic) bond motifs is 1. The molecule has 4 nitrogen and oxygen atoms in total. The van der Waals surface area contributed by atoms with Gasteiger partial charge in [0.1, 0.15) is 5.75 Å². The zero-order chi connectivity index (χ0) is 21.3. The van der Waals surface area contributed by atoms with Crippen LogP contribution in [-0.4, -0.2) is 18.0 Å². The molecule has 0 aliphatic heterocycles. The van der Waals surface area contributed by atoms with E-state index in [1.165, 1.54) is 0 Å². The first-order valence-electron chi connectivity index (χ1n) is 9.28. The van der Waals surface area contributed by atoms with E-state index in [1.807, 2.05) is 55.5 Å². The van der Waals surface area contributed by atoms with E-state index in [1.54, 1.807) is 25.3 Å². The van der Waals surface area contributed by atoms with Crippen molar-refractivity contribution in [2.45, 2.75) is 6.92 Å². The third kappa shape index (κ3) is 3.84. The van der Waals surface area contributed by atoms with Crippen molar-refractivity contribution in [3.05, 3.63) is 87.9 Å². The van der Waals surface area contributed by atoms with Gasteiger partial charge >= 0.3 is 0 Å². The van der Waals surface area contributed by atoms with Crippen LogP contribution < -0.4 is 10.1 Å². The van der Waals surface area contributed by atoms with Crippen LogP contribution in [-0.2, 0) is 0 Å². The number of methoxy groups -OCH3 is 1. The fraction of sp³-hybridized carbons (Fsp3) is 0.0833. The highest BCUT2D eigenvalue weighted by atomic mass is 35.5. The maximum Gasteiger partial charge on any atom is 0.256 e. The summed E-state index contributed by atoms with van der Waals surface area (Å²) in [6, 6.07) is 20.1. The van der Waals surface area contributed by atoms with Gasteiger partial charge in [0.15, 0.2) is 0 Å². The number of para-hydroxylation sites is 1. The van der Waals surface area contributed by atoms with E-state index in [0.717, 1.165) is 33.5 Å². The van der Waals surface area contributed by atoms with Gasteiger partial charge in [-0.3, -0.25) is 4.79 Å². The fourth-order valence-corrected chi connectivity index (χ4v) is 3.74. The van der Waals surface area contributed by atoms with E-state index < -0.39 is 0 Å². The SMILES string of the molecule is COc1ccc(-c2nc3ccccc3c(C(=O)Nc3cc(Cl)ccc3Cl)c2C)cc1. The van der Waals surface area contributed by atoms with Gasteiger partial charge in [-0.05, 0) is 61.0 Å². The van der Waals surface area contributed by atoms with Crippen molar-refractivity contribution in [1.29, 1.82) is 0 Å². The summed E-state index contributed by atoms with van der Waals surface area (Å²) in [7, 11) is 1.62. The minimum atomic E-state index is -0.273. The van der Waals surface area contributed by atoms with Crippen LogP contribution in [0.1, 0.15) is 15.9 Å². The molecule has 1 amide bonds. The third-order valence-electron chi connectivity index (χ3n) is 4.90. The van der Waals surface area contributed by atoms with Crippen LogP contribution in [0.3, 0.4) is 0 Å². The molecule has 0 saturated heterocycles. The van der Waals surface area contributed by atoms with E-state index >= 15 is 0 Å². The lowest BCUT2D eigenvalue weighted by Gasteiger charge is -2.15. The summed E-state index contributed by atoms with van der Waals surface area (Å²) in [4.78, 5) is 18.2. The number of rotatable bonds is 4. The van der Waals surface area contributed by atoms with E-state index in [2.05, 4.69) is 5.32 Å². The number of aromatic nitrogens is 1. The number of nitrogens with zero attached hydrogens (tertiary/aromatic N) is 1. The number of amides is 1. The van der Waals surface area contributed by atoms with E-state index in [0.29, 0.717) is 21.3 Å². The molecule has 0 atom stereocenters. The van der Waals surface area contributed by atoms with Crippen molar-refractivity contribution in [2.75, 3.05) is 12.4 Å². The number of pyridine rings is 1. The predicted molar refractivity (Wildman–Crippen MR) is 123 cm³/mol. The Kier molecular flexibility index (Phi) is 5.62. The number of carbonyl (C=O) groups is 1. The molecule has 0 saturated carbocycles. The standard InChI is InChI=1S/C24H18Cl2N2O2/c1-14-22(24(29)28-21-13-16(25)9-12-19(21)26)18-5-3-4-6-20(18)27-23(14)15-7-10-17(30-2)11-8-15/h3-13H,1-2H3,(H,28,29). The zero-order valence-electron chi connectivity index (χ0n) is 16.4. The van der Waals surface area contributed by atoms with Crippen molar-refractivity contribution < 1.29 is 9.53 Å². The first-order chi connectivity index (χ1) is 14.5. The maximum absolute atomic E-state index is 13.3. The molecule has 3 aromatic carbocycles. The smallest absolute Gasteiger partial charge is 0.256 e. The Bertz CT molecular complexity index is 1250. The van der Waals surface area contributed by atoms with Crippen LogP contribution >= 0.6 is 23.2 Å². The van der Waals surface area contributed by atoms with Crippen molar-refractivity contribution in [1.82, 2.24) is 4.98 Å². The second-order valence-corrected chi connectivity index (χ2v) is 7.63. The molecule has 4 rings (SSSR count). The molecule has 0 radical (unpaired) electrons. The second-order valence-electron chi connectivity index (χ2n) is 6.78. The molecular weight excluding hydrogens is 419 g/mol. The number of nitrogens with one attached hydrogen (secondary N) is 1. The van der Waals surface area contributed by atoms with Crippen LogP contribution in [0.25, 0.3) is 22.2 Å². The number of ether oxygens (including phenoxy) is 1. The van der Waals surface area contributed by atoms with Gasteiger partial charge in [-0.15, -0.1) is 0 Å². The van der Waals surface area contributed by atoms with Gasteiger partial charge in [0.2, 0.25) is 0 Å². The highest BCUT2D eigenvalue weighted by molar-refractivity contribution is 6.36. The average molecular weight is 437 g/mol. The largest absolute Gasteiger partial charge is 0.497 e. The van der Waals surface area contributed by atoms with Crippen LogP contribution in [0.2, 0.25) is 10.0 Å². The van der Waals surface area contributed by atoms with Gasteiger partial charge < -0.3 is 10.1 Å². The monoisotopic (exact) mass is 436 g/mol. The fourth-order valence-electron chi connectivity index (χ4n) is 3.41. The maximum atomic E-state index is 13.3. The summed E-state index contributed by atoms with van der Waals surface area (Å²) in [5.74, 6) is 0.482. The molecular formula is C24H18Cl2N2O2. The molecule has 30 heavy (non-hydrogen) atoms. The summed E-state index contributed by atoms with van der Waals surface area (Å²) in [6.07, 6.45) is 0. The van der Waals surface area contributed by atoms with Gasteiger partial charge in [-0.25, -0.2) is 4.98 Å². The Balaban J connectivity index is 1.86. The van der Waals surface area contributed by atoms with Gasteiger partial charge in [0.05, 0.1) is 34.6 Å². The Labute approximate surface area is 184 Å². The second kappa shape index (κ2) is 8.34. The molecule has 0 aliphatic carbocycles. The van der Waals surface area contributed by atoms with Gasteiger partial charge in [0.25, 0.3) is 5.91 Å². The average Bonchev–Trinajstić information content (AvgIpc) is 2.76. The lowest BCUT2D eigenvalue weighted by molar-refractivity contribution is 0.102. The van der Waals surface area contributed by atoms with Crippen LogP contribution in [0.15, 0.2) is 66.7 Å². The number of hydrogen-bond donors (Lipinski definition) is 1. The highest BCUT2D eigenvalue weighted by Crippen LogP contribution is 2.32. The zero-order valence-corrected chi connectivity index (χ0v) is 17.9. The molecule has 1 N–H and O–H groups in total. The normalized spacial score (nSPS) is 10.8. The summed E-state index contributed by atoms with van der Waals surface area (Å²) >= 11 is 12.3. The lowest BCUT2D eigenvalue weighted by Crippen LogP contribution is -2.15. The summed E-state index contributed by atoms with van der Waals surface area (Å²) in [5, 5.41) is 4.57. The Morgan fingerprint density at radius 1 is 1.00 bits per heavy atom. The summed E-state index contributed by atoms with van der Waals surface area (Å²) in [5.41, 5.74) is 4.14. The minimum Gasteiger partial charge on any atom is -0.497 e. The number of carbonyl (C=O) groups excluding carboxylic acids is 1. The number of anilines is 1. The minimum absolute atomic E-state index is 0.273. The van der Waals surface area contributed by atoms with Gasteiger partial charge in [-0.1, -0.05) is 41.4 Å². The molecule has 1 aromatic heterocycles. The van der Waals surface area contributed by atoms with Crippen molar-refractivity contribution in [3.63, 3.8) is 0 Å². The first-order valence-corrected chi connectivity index (χ1v) is 10.0. The Morgan fingerprint density at radius 2 is 1.73 bits per heavy atom. The molecule has 150 valence electrons. The third-order valence-corrected chi connectivity index (χ3v) is 5.47. The van der Waals surface area contributed by atoms with Gasteiger partial charge in [0, 0.05) is 16.0 Å². The Morgan fingerprint density at radius 3 is 2.47 bits per heavy atom. The molecule has 0 aliphatic rings. The predicted octanol–water partition coefficient (Wildman–Crippen LogP) is 6.78. The van der Waals surface area contributed by atoms with Crippen LogP contribution in [0.4, 0.5) is 5.69 Å². The van der Waals surface area contributed by atoms with Crippen molar-refractivity contribution in [3.8, 4) is 17.0 Å². The number of halogens is 2. The molecule has 1 heterocycles. The van der Waals surface area contributed by atoms with E-state index in [4.69, 9.17) is 32.9 Å². The van der Waals surface area contributed by atoms with Crippen molar-refractivity contribution >= 4 is 45.7 Å². The quantitative estimate of drug-likeness (QED) is 0.383. The molecule has 0 unspecified atom stereocenters. The van der Waals surface area contributed by atoms with Crippen LogP contribution in [0, 0.1) is 6.92 Å². The van der Waals surface area contributed by atoms with E-state index in [9.17, 15) is 4.79 Å². The summed E-state index contributed by atoms with van der Waals surface area (Å²) in [6.45, 7) is 1.90. The van der Waals surface area contributed by atoms with E-state index in [-0.39, 0.29) is 5.91 Å². The highest BCUT2D eigenvalue weighted by Gasteiger charge is 2.20. The molecule has 4 aromatic rings. The first kappa shape index (κ1) is 20.2. The van der Waals surface area contributed by atoms with Crippen LogP contribution in [0.5, 0.6) is 5.75 Å².